The van der Waals surface area contributed by atoms with Crippen molar-refractivity contribution < 1.29 is 9.59 Å². The SMILES string of the molecule is CC(=O)Nc1ccc(-c2nc(CCNC(=O)C3CCCCC3)cs2)cc1. The fraction of sp³-hybridized carbons (Fsp3) is 0.450. The molecule has 2 amide bonds. The van der Waals surface area contributed by atoms with E-state index in [-0.39, 0.29) is 17.7 Å². The van der Waals surface area contributed by atoms with Gasteiger partial charge < -0.3 is 10.6 Å². The molecule has 5 nitrogen and oxygen atoms in total. The largest absolute Gasteiger partial charge is 0.355 e. The number of hydrogen-bond donors (Lipinski definition) is 2. The van der Waals surface area contributed by atoms with E-state index in [1.54, 1.807) is 11.3 Å². The Balaban J connectivity index is 1.49. The molecule has 3 rings (SSSR count). The molecule has 0 spiro atoms. The lowest BCUT2D eigenvalue weighted by atomic mass is 9.89. The molecule has 0 saturated heterocycles. The summed E-state index contributed by atoms with van der Waals surface area (Å²) in [4.78, 5) is 27.9. The Hall–Kier alpha value is -2.21. The molecule has 1 aliphatic carbocycles. The van der Waals surface area contributed by atoms with E-state index in [1.807, 2.05) is 29.6 Å². The minimum atomic E-state index is -0.0791. The van der Waals surface area contributed by atoms with Gasteiger partial charge in [0.15, 0.2) is 0 Å². The number of hydrogen-bond acceptors (Lipinski definition) is 4. The van der Waals surface area contributed by atoms with Gasteiger partial charge in [0.2, 0.25) is 11.8 Å². The predicted octanol–water partition coefficient (Wildman–Crippen LogP) is 4.01. The van der Waals surface area contributed by atoms with Crippen LogP contribution in [0.4, 0.5) is 5.69 Å². The van der Waals surface area contributed by atoms with Crippen LogP contribution in [0.25, 0.3) is 10.6 Å². The minimum absolute atomic E-state index is 0.0791. The number of aromatic nitrogens is 1. The number of anilines is 1. The molecule has 1 aromatic carbocycles. The van der Waals surface area contributed by atoms with Crippen molar-refractivity contribution in [2.24, 2.45) is 5.92 Å². The van der Waals surface area contributed by atoms with Crippen LogP contribution in [0.2, 0.25) is 0 Å². The zero-order valence-corrected chi connectivity index (χ0v) is 15.9. The second-order valence-electron chi connectivity index (χ2n) is 6.78. The first-order valence-electron chi connectivity index (χ1n) is 9.22. The van der Waals surface area contributed by atoms with Crippen molar-refractivity contribution >= 4 is 28.8 Å². The summed E-state index contributed by atoms with van der Waals surface area (Å²) in [5, 5.41) is 8.82. The molecule has 138 valence electrons. The molecule has 1 aromatic heterocycles. The van der Waals surface area contributed by atoms with Crippen LogP contribution in [0.1, 0.15) is 44.7 Å². The van der Waals surface area contributed by atoms with Gasteiger partial charge in [-0.25, -0.2) is 4.98 Å². The van der Waals surface area contributed by atoms with E-state index in [4.69, 9.17) is 0 Å². The Morgan fingerprint density at radius 3 is 2.58 bits per heavy atom. The lowest BCUT2D eigenvalue weighted by Crippen LogP contribution is -2.33. The standard InChI is InChI=1S/C20H25N3O2S/c1-14(24)22-17-9-7-16(8-10-17)20-23-18(13-26-20)11-12-21-19(25)15-5-3-2-4-6-15/h7-10,13,15H,2-6,11-12H2,1H3,(H,21,25)(H,22,24). The first-order chi connectivity index (χ1) is 12.6. The Morgan fingerprint density at radius 1 is 1.15 bits per heavy atom. The van der Waals surface area contributed by atoms with E-state index in [1.165, 1.54) is 26.2 Å². The average Bonchev–Trinajstić information content (AvgIpc) is 3.11. The molecule has 1 saturated carbocycles. The van der Waals surface area contributed by atoms with Crippen LogP contribution in [0, 0.1) is 5.92 Å². The summed E-state index contributed by atoms with van der Waals surface area (Å²) in [6.07, 6.45) is 6.42. The maximum absolute atomic E-state index is 12.2. The molecule has 2 N–H and O–H groups in total. The normalized spacial score (nSPS) is 14.8. The summed E-state index contributed by atoms with van der Waals surface area (Å²) in [7, 11) is 0. The van der Waals surface area contributed by atoms with Crippen LogP contribution in [0.15, 0.2) is 29.6 Å². The average molecular weight is 372 g/mol. The zero-order valence-electron chi connectivity index (χ0n) is 15.1. The molecule has 0 radical (unpaired) electrons. The third-order valence-electron chi connectivity index (χ3n) is 4.66. The number of nitrogens with one attached hydrogen (secondary N) is 2. The van der Waals surface area contributed by atoms with Crippen LogP contribution in [-0.2, 0) is 16.0 Å². The van der Waals surface area contributed by atoms with Crippen molar-refractivity contribution in [3.63, 3.8) is 0 Å². The first kappa shape index (κ1) is 18.6. The van der Waals surface area contributed by atoms with Crippen molar-refractivity contribution in [3.05, 3.63) is 35.3 Å². The van der Waals surface area contributed by atoms with Gasteiger partial charge in [0.1, 0.15) is 5.01 Å². The fourth-order valence-corrected chi connectivity index (χ4v) is 4.14. The second kappa shape index (κ2) is 8.94. The monoisotopic (exact) mass is 371 g/mol. The van der Waals surface area contributed by atoms with Crippen molar-refractivity contribution in [3.8, 4) is 10.6 Å². The van der Waals surface area contributed by atoms with E-state index in [0.29, 0.717) is 6.54 Å². The van der Waals surface area contributed by atoms with Crippen molar-refractivity contribution in [2.45, 2.75) is 45.4 Å². The maximum atomic E-state index is 12.2. The van der Waals surface area contributed by atoms with E-state index < -0.39 is 0 Å². The third-order valence-corrected chi connectivity index (χ3v) is 5.60. The summed E-state index contributed by atoms with van der Waals surface area (Å²) < 4.78 is 0. The number of amides is 2. The van der Waals surface area contributed by atoms with E-state index in [9.17, 15) is 9.59 Å². The van der Waals surface area contributed by atoms with E-state index >= 15 is 0 Å². The quantitative estimate of drug-likeness (QED) is 0.806. The summed E-state index contributed by atoms with van der Waals surface area (Å²) in [5.74, 6) is 0.329. The van der Waals surface area contributed by atoms with Crippen LogP contribution < -0.4 is 10.6 Å². The van der Waals surface area contributed by atoms with Crippen LogP contribution in [0.3, 0.4) is 0 Å². The zero-order chi connectivity index (χ0) is 18.4. The summed E-state index contributed by atoms with van der Waals surface area (Å²) in [6.45, 7) is 2.13. The van der Waals surface area contributed by atoms with Crippen LogP contribution >= 0.6 is 11.3 Å². The van der Waals surface area contributed by atoms with Crippen LogP contribution in [-0.4, -0.2) is 23.3 Å². The molecule has 1 fully saturated rings. The summed E-state index contributed by atoms with van der Waals surface area (Å²) >= 11 is 1.60. The van der Waals surface area contributed by atoms with Gasteiger partial charge in [-0.15, -0.1) is 11.3 Å². The molecule has 0 bridgehead atoms. The maximum Gasteiger partial charge on any atom is 0.223 e. The highest BCUT2D eigenvalue weighted by molar-refractivity contribution is 7.13. The topological polar surface area (TPSA) is 71.1 Å². The number of thiazole rings is 1. The number of nitrogens with zero attached hydrogens (tertiary/aromatic N) is 1. The van der Waals surface area contributed by atoms with Gasteiger partial charge in [-0.05, 0) is 37.1 Å². The number of carbonyl (C=O) groups excluding carboxylic acids is 2. The van der Waals surface area contributed by atoms with Gasteiger partial charge >= 0.3 is 0 Å². The van der Waals surface area contributed by atoms with Gasteiger partial charge in [0, 0.05) is 42.4 Å². The number of rotatable bonds is 6. The summed E-state index contributed by atoms with van der Waals surface area (Å²) in [5.41, 5.74) is 2.81. The van der Waals surface area contributed by atoms with Crippen LogP contribution in [0.5, 0.6) is 0 Å². The molecule has 1 heterocycles. The molecule has 0 aliphatic heterocycles. The van der Waals surface area contributed by atoms with E-state index in [0.717, 1.165) is 41.2 Å². The van der Waals surface area contributed by atoms with Gasteiger partial charge in [-0.1, -0.05) is 19.3 Å². The fourth-order valence-electron chi connectivity index (χ4n) is 3.28. The Morgan fingerprint density at radius 2 is 1.88 bits per heavy atom. The lowest BCUT2D eigenvalue weighted by molar-refractivity contribution is -0.125. The molecule has 6 heteroatoms. The number of carbonyl (C=O) groups is 2. The highest BCUT2D eigenvalue weighted by Crippen LogP contribution is 2.26. The lowest BCUT2D eigenvalue weighted by Gasteiger charge is -2.20. The Kier molecular flexibility index (Phi) is 6.39. The van der Waals surface area contributed by atoms with Gasteiger partial charge in [0.25, 0.3) is 0 Å². The highest BCUT2D eigenvalue weighted by atomic mass is 32.1. The second-order valence-corrected chi connectivity index (χ2v) is 7.64. The third kappa shape index (κ3) is 5.14. The molecule has 0 atom stereocenters. The van der Waals surface area contributed by atoms with Gasteiger partial charge in [-0.3, -0.25) is 9.59 Å². The molecule has 1 aliphatic rings. The van der Waals surface area contributed by atoms with E-state index in [2.05, 4.69) is 15.6 Å². The predicted molar refractivity (Wildman–Crippen MR) is 105 cm³/mol. The molecular weight excluding hydrogens is 346 g/mol. The Labute approximate surface area is 158 Å². The number of benzene rings is 1. The molecule has 2 aromatic rings. The first-order valence-corrected chi connectivity index (χ1v) is 10.1. The molecular formula is C20H25N3O2S. The van der Waals surface area contributed by atoms with Crippen molar-refractivity contribution in [1.29, 1.82) is 0 Å². The molecule has 26 heavy (non-hydrogen) atoms. The minimum Gasteiger partial charge on any atom is -0.355 e. The van der Waals surface area contributed by atoms with Crippen molar-refractivity contribution in [1.82, 2.24) is 10.3 Å². The van der Waals surface area contributed by atoms with Gasteiger partial charge in [0.05, 0.1) is 5.69 Å². The smallest absolute Gasteiger partial charge is 0.223 e. The van der Waals surface area contributed by atoms with Gasteiger partial charge in [-0.2, -0.15) is 0 Å². The Bertz CT molecular complexity index is 749. The van der Waals surface area contributed by atoms with Crippen molar-refractivity contribution in [2.75, 3.05) is 11.9 Å². The molecule has 0 unspecified atom stereocenters. The highest BCUT2D eigenvalue weighted by Gasteiger charge is 2.20. The summed E-state index contributed by atoms with van der Waals surface area (Å²) in [6, 6.07) is 7.67.